The van der Waals surface area contributed by atoms with Gasteiger partial charge in [0, 0.05) is 5.75 Å². The van der Waals surface area contributed by atoms with Crippen molar-refractivity contribution >= 4 is 50.8 Å². The predicted molar refractivity (Wildman–Crippen MR) is 270 cm³/mol. The van der Waals surface area contributed by atoms with E-state index < -0.39 is 50.8 Å². The number of hydrogen-bond donors (Lipinski definition) is 0. The van der Waals surface area contributed by atoms with Gasteiger partial charge < -0.3 is 33.3 Å². The molecule has 15 heteroatoms. The van der Waals surface area contributed by atoms with Crippen molar-refractivity contribution < 1.29 is 57.2 Å². The molecule has 0 bridgehead atoms. The minimum atomic E-state index is -4.64. The largest absolute Gasteiger partial charge is 0.464 e. The number of benzene rings is 6. The van der Waals surface area contributed by atoms with Crippen LogP contribution in [0.5, 0.6) is 0 Å². The van der Waals surface area contributed by atoms with E-state index in [1.54, 1.807) is 153 Å². The number of nitrogens with zero attached hydrogens (tertiary/aromatic N) is 1. The van der Waals surface area contributed by atoms with Crippen LogP contribution in [-0.2, 0) is 68.1 Å². The van der Waals surface area contributed by atoms with E-state index in [9.17, 15) is 28.8 Å². The lowest BCUT2D eigenvalue weighted by Gasteiger charge is -2.32. The molecule has 6 aromatic carbocycles. The molecule has 0 amide bonds. The summed E-state index contributed by atoms with van der Waals surface area (Å²) < 4.78 is 34.7. The smallest absolute Gasteiger partial charge is 0.431 e. The maximum Gasteiger partial charge on any atom is 0.431 e. The molecule has 0 fully saturated rings. The molecule has 70 heavy (non-hydrogen) atoms. The van der Waals surface area contributed by atoms with E-state index in [4.69, 9.17) is 28.4 Å². The molecule has 6 aromatic rings. The molecule has 0 saturated heterocycles. The fourth-order valence-electron chi connectivity index (χ4n) is 7.28. The Bertz CT molecular complexity index is 2140. The van der Waals surface area contributed by atoms with Gasteiger partial charge in [-0.2, -0.15) is 0 Å². The van der Waals surface area contributed by atoms with Crippen LogP contribution >= 0.6 is 10.0 Å². The molecule has 0 saturated carbocycles. The van der Waals surface area contributed by atoms with Crippen molar-refractivity contribution in [2.75, 3.05) is 25.9 Å². The highest BCUT2D eigenvalue weighted by Crippen LogP contribution is 2.54. The summed E-state index contributed by atoms with van der Waals surface area (Å²) in [7, 11) is -6.66. The topological polar surface area (TPSA) is 161 Å². The summed E-state index contributed by atoms with van der Waals surface area (Å²) >= 11 is 0. The number of carbonyl (C=O) groups excluding carboxylic acids is 6. The summed E-state index contributed by atoms with van der Waals surface area (Å²) in [6.07, 6.45) is 0.256. The first-order chi connectivity index (χ1) is 34.1. The summed E-state index contributed by atoms with van der Waals surface area (Å²) in [6.45, 7) is -0.713. The molecule has 364 valence electrons. The molecule has 0 N–H and O–H groups in total. The summed E-state index contributed by atoms with van der Waals surface area (Å²) in [4.78, 5) is 88.3. The molecule has 13 nitrogen and oxygen atoms in total. The van der Waals surface area contributed by atoms with Crippen LogP contribution in [0.3, 0.4) is 0 Å². The Balaban J connectivity index is 1.22. The second-order valence-electron chi connectivity index (χ2n) is 16.4. The van der Waals surface area contributed by atoms with E-state index >= 15 is 0 Å². The van der Waals surface area contributed by atoms with Gasteiger partial charge in [-0.25, -0.2) is 14.4 Å². The van der Waals surface area contributed by atoms with Crippen LogP contribution in [-0.4, -0.2) is 71.5 Å². The van der Waals surface area contributed by atoms with E-state index in [-0.39, 0.29) is 77.4 Å². The van der Waals surface area contributed by atoms with E-state index in [1.807, 2.05) is 41.3 Å². The van der Waals surface area contributed by atoms with Crippen molar-refractivity contribution in [1.82, 2.24) is 4.90 Å². The summed E-state index contributed by atoms with van der Waals surface area (Å²) in [5, 5.41) is -3.12. The first-order valence-corrected chi connectivity index (χ1v) is 26.9. The van der Waals surface area contributed by atoms with Gasteiger partial charge in [0.1, 0.15) is 39.6 Å². The van der Waals surface area contributed by atoms with E-state index in [2.05, 4.69) is 0 Å². The van der Waals surface area contributed by atoms with Crippen molar-refractivity contribution in [1.29, 1.82) is 0 Å². The molecule has 6 rings (SSSR count). The zero-order valence-corrected chi connectivity index (χ0v) is 40.9. The molecule has 0 atom stereocenters. The van der Waals surface area contributed by atoms with Gasteiger partial charge in [-0.05, 0) is 72.4 Å². The van der Waals surface area contributed by atoms with Crippen molar-refractivity contribution in [3.8, 4) is 0 Å². The molecule has 0 unspecified atom stereocenters. The Labute approximate surface area is 411 Å². The van der Waals surface area contributed by atoms with Gasteiger partial charge >= 0.3 is 24.0 Å². The molecule has 0 aromatic heterocycles. The third-order valence-electron chi connectivity index (χ3n) is 11.2. The average Bonchev–Trinajstić information content (AvgIpc) is 3.41. The lowest BCUT2D eigenvalue weighted by atomic mass is 10.2. The Morgan fingerprint density at radius 1 is 0.371 bits per heavy atom. The van der Waals surface area contributed by atoms with Gasteiger partial charge in [-0.15, -0.1) is 0 Å². The summed E-state index contributed by atoms with van der Waals surface area (Å²) in [5.41, 5.74) is 0.958. The van der Waals surface area contributed by atoms with Gasteiger partial charge in [0.15, 0.2) is 0 Å². The van der Waals surface area contributed by atoms with Crippen LogP contribution in [0.4, 0.5) is 28.8 Å². The van der Waals surface area contributed by atoms with Crippen molar-refractivity contribution in [2.24, 2.45) is 0 Å². The normalized spacial score (nSPS) is 11.5. The van der Waals surface area contributed by atoms with Crippen LogP contribution < -0.4 is 0 Å². The zero-order chi connectivity index (χ0) is 49.4. The lowest BCUT2D eigenvalue weighted by Crippen LogP contribution is -2.60. The average molecular weight is 984 g/mol. The Kier molecular flexibility index (Phi) is 20.1. The maximum absolute atomic E-state index is 14.4. The Hall–Kier alpha value is -7.33. The van der Waals surface area contributed by atoms with E-state index in [0.29, 0.717) is 33.4 Å². The van der Waals surface area contributed by atoms with Crippen molar-refractivity contribution in [3.05, 3.63) is 215 Å². The standard InChI is InChI=1S/C55H57NO12SSi/c1-56(34-20-36-69(50(57)63-38-44-22-8-2-9-23-44,51(58)64-39-45-24-10-3-11-25-45)52(59)65-40-46-26-12-4-13-27-46)35-21-37-70(53(60)66-41-47-28-14-5-15-29-47,54(61)67-42-48-30-16-6-17-31-48)55(62)68-43-49-32-18-7-19-33-49/h2-19,22-33H,20-21,34-43H2,1H3. The van der Waals surface area contributed by atoms with Crippen LogP contribution in [0.2, 0.25) is 6.04 Å². The monoisotopic (exact) mass is 983 g/mol. The fraction of sp³-hybridized carbons (Fsp3) is 0.236. The minimum Gasteiger partial charge on any atom is -0.464 e. The van der Waals surface area contributed by atoms with Crippen LogP contribution in [0.1, 0.15) is 46.2 Å². The first kappa shape index (κ1) is 52.0. The highest BCUT2D eigenvalue weighted by Gasteiger charge is 2.62. The molecule has 0 aliphatic heterocycles. The zero-order valence-electron chi connectivity index (χ0n) is 39.1. The summed E-state index contributed by atoms with van der Waals surface area (Å²) in [5.74, 6) is -0.270. The molecule has 0 radical (unpaired) electrons. The van der Waals surface area contributed by atoms with Gasteiger partial charge in [0.2, 0.25) is 0 Å². The van der Waals surface area contributed by atoms with Gasteiger partial charge in [-0.3, -0.25) is 14.4 Å². The second-order valence-corrected chi connectivity index (χ2v) is 22.8. The molecule has 0 aliphatic rings. The SMILES string of the molecule is CN(CCC[Si](C(=O)OCc1ccccc1)(C(=O)OCc1ccccc1)C(=O)OCc1ccccc1)CCCS(C(=O)OCc1ccccc1)(C(=O)OCc1ccccc1)C(=O)OCc1ccccc1. The molecule has 0 aliphatic carbocycles. The van der Waals surface area contributed by atoms with Gasteiger partial charge in [0.25, 0.3) is 16.8 Å². The molecular formula is C55H57NO12SSi. The van der Waals surface area contributed by atoms with Crippen LogP contribution in [0, 0.1) is 0 Å². The fourth-order valence-corrected chi connectivity index (χ4v) is 12.3. The third-order valence-corrected chi connectivity index (χ3v) is 17.8. The lowest BCUT2D eigenvalue weighted by molar-refractivity contribution is 0.144. The van der Waals surface area contributed by atoms with Gasteiger partial charge in [0.05, 0.1) is 10.0 Å². The number of rotatable bonds is 23. The quantitative estimate of drug-likeness (QED) is 0.0339. The first-order valence-electron chi connectivity index (χ1n) is 22.9. The second kappa shape index (κ2) is 27.0. The third kappa shape index (κ3) is 14.8. The summed E-state index contributed by atoms with van der Waals surface area (Å²) in [6, 6.07) is 53.2. The minimum absolute atomic E-state index is 0.118. The van der Waals surface area contributed by atoms with Gasteiger partial charge in [-0.1, -0.05) is 182 Å². The Morgan fingerprint density at radius 3 is 0.886 bits per heavy atom. The van der Waals surface area contributed by atoms with E-state index in [1.165, 1.54) is 0 Å². The molecule has 0 heterocycles. The van der Waals surface area contributed by atoms with E-state index in [0.717, 1.165) is 0 Å². The Morgan fingerprint density at radius 2 is 0.614 bits per heavy atom. The number of hydrogen-bond acceptors (Lipinski definition) is 13. The predicted octanol–water partition coefficient (Wildman–Crippen LogP) is 12.7. The number of carbonyl (C=O) groups is 6. The van der Waals surface area contributed by atoms with Crippen molar-refractivity contribution in [3.63, 3.8) is 0 Å². The maximum atomic E-state index is 14.4. The molecule has 0 spiro atoms. The van der Waals surface area contributed by atoms with Crippen LogP contribution in [0.15, 0.2) is 182 Å². The van der Waals surface area contributed by atoms with Crippen molar-refractivity contribution in [2.45, 2.75) is 58.5 Å². The molecular weight excluding hydrogens is 927 g/mol. The number of ether oxygens (including phenoxy) is 6. The highest BCUT2D eigenvalue weighted by molar-refractivity contribution is 8.64. The van der Waals surface area contributed by atoms with Crippen LogP contribution in [0.25, 0.3) is 0 Å². The highest BCUT2D eigenvalue weighted by atomic mass is 32.3.